The molecule has 0 bridgehead atoms. The smallest absolute Gasteiger partial charge is 0.241 e. The molecule has 7 heteroatoms. The number of halogens is 1. The van der Waals surface area contributed by atoms with Gasteiger partial charge in [0, 0.05) is 11.2 Å². The summed E-state index contributed by atoms with van der Waals surface area (Å²) in [5.41, 5.74) is 2.09. The molecule has 0 unspecified atom stereocenters. The highest BCUT2D eigenvalue weighted by atomic mass is 35.5. The average Bonchev–Trinajstić information content (AvgIpc) is 3.04. The molecule has 0 aliphatic heterocycles. The van der Waals surface area contributed by atoms with E-state index in [0.717, 1.165) is 26.9 Å². The summed E-state index contributed by atoms with van der Waals surface area (Å²) >= 11 is 7.50. The van der Waals surface area contributed by atoms with Gasteiger partial charge in [0.1, 0.15) is 0 Å². The summed E-state index contributed by atoms with van der Waals surface area (Å²) in [6.07, 6.45) is 1.75. The van der Waals surface area contributed by atoms with E-state index in [1.54, 1.807) is 30.1 Å². The Balaban J connectivity index is 1.59. The Labute approximate surface area is 184 Å². The van der Waals surface area contributed by atoms with Crippen molar-refractivity contribution in [3.63, 3.8) is 0 Å². The maximum atomic E-state index is 13.2. The molecule has 0 amide bonds. The van der Waals surface area contributed by atoms with E-state index in [0.29, 0.717) is 5.02 Å². The van der Waals surface area contributed by atoms with Crippen molar-refractivity contribution in [1.82, 2.24) is 9.71 Å². The van der Waals surface area contributed by atoms with Crippen molar-refractivity contribution in [2.45, 2.75) is 21.2 Å². The first-order chi connectivity index (χ1) is 14.5. The number of rotatable bonds is 5. The Bertz CT molecular complexity index is 1320. The van der Waals surface area contributed by atoms with Gasteiger partial charge in [0.05, 0.1) is 21.2 Å². The van der Waals surface area contributed by atoms with Gasteiger partial charge in [-0.3, -0.25) is 0 Å². The first kappa shape index (κ1) is 19.6. The van der Waals surface area contributed by atoms with Crippen LogP contribution < -0.4 is 4.72 Å². The van der Waals surface area contributed by atoms with E-state index in [4.69, 9.17) is 11.6 Å². The lowest BCUT2D eigenvalue weighted by Gasteiger charge is -2.22. The number of nitrogens with zero attached hydrogens (tertiary/aromatic N) is 1. The van der Waals surface area contributed by atoms with E-state index in [9.17, 15) is 8.42 Å². The Morgan fingerprint density at radius 2 is 1.60 bits per heavy atom. The first-order valence-corrected chi connectivity index (χ1v) is 12.1. The van der Waals surface area contributed by atoms with Gasteiger partial charge in [0.25, 0.3) is 0 Å². The molecule has 0 radical (unpaired) electrons. The van der Waals surface area contributed by atoms with Gasteiger partial charge in [0.15, 0.2) is 0 Å². The first-order valence-electron chi connectivity index (χ1n) is 9.40. The minimum Gasteiger partial charge on any atom is -0.250 e. The summed E-state index contributed by atoms with van der Waals surface area (Å²) in [6, 6.07) is 23.7. The highest BCUT2D eigenvalue weighted by Crippen LogP contribution is 2.53. The molecule has 0 saturated carbocycles. The van der Waals surface area contributed by atoms with E-state index in [2.05, 4.69) is 27.9 Å². The van der Waals surface area contributed by atoms with Gasteiger partial charge in [0.2, 0.25) is 10.0 Å². The monoisotopic (exact) mass is 452 g/mol. The number of thioether (sulfide) groups is 1. The Hall–Kier alpha value is -2.38. The summed E-state index contributed by atoms with van der Waals surface area (Å²) in [5.74, 6) is 0. The Morgan fingerprint density at radius 1 is 0.867 bits per heavy atom. The second-order valence-corrected chi connectivity index (χ2v) is 10.4. The molecule has 0 fully saturated rings. The van der Waals surface area contributed by atoms with Crippen LogP contribution in [0.1, 0.15) is 22.4 Å². The van der Waals surface area contributed by atoms with Crippen LogP contribution in [0, 0.1) is 0 Å². The number of hydrogen-bond donors (Lipinski definition) is 1. The molecular weight excluding hydrogens is 436 g/mol. The average molecular weight is 453 g/mol. The van der Waals surface area contributed by atoms with Gasteiger partial charge < -0.3 is 0 Å². The molecule has 1 heterocycles. The van der Waals surface area contributed by atoms with Crippen LogP contribution >= 0.6 is 23.4 Å². The number of nitrogens with one attached hydrogen (secondary N) is 1. The van der Waals surface area contributed by atoms with Gasteiger partial charge in [-0.25, -0.2) is 18.1 Å². The minimum absolute atomic E-state index is 0.136. The van der Waals surface area contributed by atoms with Crippen LogP contribution in [0.15, 0.2) is 95.0 Å². The number of pyridine rings is 1. The van der Waals surface area contributed by atoms with Crippen LogP contribution in [0.2, 0.25) is 5.02 Å². The molecule has 30 heavy (non-hydrogen) atoms. The van der Waals surface area contributed by atoms with Crippen molar-refractivity contribution in [2.24, 2.45) is 0 Å². The van der Waals surface area contributed by atoms with E-state index in [1.807, 2.05) is 36.4 Å². The second-order valence-electron chi connectivity index (χ2n) is 7.05. The van der Waals surface area contributed by atoms with Crippen molar-refractivity contribution < 1.29 is 8.42 Å². The molecule has 4 aromatic rings. The predicted octanol–water partition coefficient (Wildman–Crippen LogP) is 5.75. The number of sulfonamides is 1. The quantitative estimate of drug-likeness (QED) is 0.418. The lowest BCUT2D eigenvalue weighted by atomic mass is 10.1. The highest BCUT2D eigenvalue weighted by molar-refractivity contribution is 7.99. The summed E-state index contributed by atoms with van der Waals surface area (Å²) in [6.45, 7) is 0. The van der Waals surface area contributed by atoms with E-state index in [-0.39, 0.29) is 10.1 Å². The van der Waals surface area contributed by atoms with E-state index < -0.39 is 16.1 Å². The van der Waals surface area contributed by atoms with Gasteiger partial charge in [-0.05, 0) is 58.3 Å². The number of aromatic nitrogens is 1. The molecular formula is C23H17ClN2O2S2. The summed E-state index contributed by atoms with van der Waals surface area (Å²) in [7, 11) is -3.74. The minimum atomic E-state index is -3.74. The maximum absolute atomic E-state index is 13.2. The lowest BCUT2D eigenvalue weighted by Crippen LogP contribution is -2.30. The third-order valence-electron chi connectivity index (χ3n) is 5.21. The van der Waals surface area contributed by atoms with Gasteiger partial charge in [-0.2, -0.15) is 0 Å². The summed E-state index contributed by atoms with van der Waals surface area (Å²) in [4.78, 5) is 4.63. The van der Waals surface area contributed by atoms with Crippen LogP contribution in [0.25, 0.3) is 10.8 Å². The van der Waals surface area contributed by atoms with Crippen LogP contribution in [0.5, 0.6) is 0 Å². The van der Waals surface area contributed by atoms with Gasteiger partial charge in [-0.15, -0.1) is 0 Å². The highest BCUT2D eigenvalue weighted by Gasteiger charge is 2.38. The molecule has 0 spiro atoms. The van der Waals surface area contributed by atoms with Crippen molar-refractivity contribution in [2.75, 3.05) is 0 Å². The zero-order valence-corrected chi connectivity index (χ0v) is 18.1. The molecule has 2 atom stereocenters. The SMILES string of the molecule is O=S(=O)(N[C@H]1c2cccc3cccc(c23)[C@H]1Sc1ccccn1)c1ccc(Cl)cc1. The fourth-order valence-corrected chi connectivity index (χ4v) is 6.54. The largest absolute Gasteiger partial charge is 0.250 e. The van der Waals surface area contributed by atoms with Crippen LogP contribution in [0.4, 0.5) is 0 Å². The molecule has 1 aliphatic carbocycles. The van der Waals surface area contributed by atoms with Crippen LogP contribution in [-0.4, -0.2) is 13.4 Å². The van der Waals surface area contributed by atoms with E-state index >= 15 is 0 Å². The Morgan fingerprint density at radius 3 is 2.30 bits per heavy atom. The molecule has 1 aromatic heterocycles. The number of hydrogen-bond acceptors (Lipinski definition) is 4. The summed E-state index contributed by atoms with van der Waals surface area (Å²) in [5, 5.41) is 3.42. The molecule has 150 valence electrons. The molecule has 3 aromatic carbocycles. The fourth-order valence-electron chi connectivity index (χ4n) is 3.89. The third-order valence-corrected chi connectivity index (χ3v) is 8.18. The topological polar surface area (TPSA) is 59.1 Å². The molecule has 4 nitrogen and oxygen atoms in total. The van der Waals surface area contributed by atoms with Crippen LogP contribution in [-0.2, 0) is 10.0 Å². The Kier molecular flexibility index (Phi) is 5.03. The van der Waals surface area contributed by atoms with Crippen molar-refractivity contribution in [3.8, 4) is 0 Å². The molecule has 0 saturated heterocycles. The van der Waals surface area contributed by atoms with Crippen molar-refractivity contribution in [1.29, 1.82) is 0 Å². The molecule has 5 rings (SSSR count). The molecule has 1 N–H and O–H groups in total. The zero-order valence-electron chi connectivity index (χ0n) is 15.7. The second kappa shape index (κ2) is 7.71. The number of benzene rings is 3. The van der Waals surface area contributed by atoms with Gasteiger partial charge in [-0.1, -0.05) is 65.8 Å². The third kappa shape index (κ3) is 3.50. The lowest BCUT2D eigenvalue weighted by molar-refractivity contribution is 0.557. The summed E-state index contributed by atoms with van der Waals surface area (Å²) < 4.78 is 29.3. The van der Waals surface area contributed by atoms with Crippen molar-refractivity contribution >= 4 is 44.2 Å². The van der Waals surface area contributed by atoms with E-state index in [1.165, 1.54) is 12.1 Å². The van der Waals surface area contributed by atoms with Crippen molar-refractivity contribution in [3.05, 3.63) is 101 Å². The predicted molar refractivity (Wildman–Crippen MR) is 121 cm³/mol. The standard InChI is InChI=1S/C23H17ClN2O2S2/c24-16-10-12-17(13-11-16)30(27,28)26-22-18-7-3-5-15-6-4-8-19(21(15)18)23(22)29-20-9-1-2-14-25-20/h1-14,22-23,26H/t22-,23+/m0/s1. The maximum Gasteiger partial charge on any atom is 0.241 e. The van der Waals surface area contributed by atoms with Gasteiger partial charge >= 0.3 is 0 Å². The normalized spacial score (nSPS) is 18.0. The fraction of sp³-hybridized carbons (Fsp3) is 0.0870. The van der Waals surface area contributed by atoms with Crippen LogP contribution in [0.3, 0.4) is 0 Å². The zero-order chi connectivity index (χ0) is 20.7. The molecule has 1 aliphatic rings.